The second-order valence-corrected chi connectivity index (χ2v) is 8.00. The van der Waals surface area contributed by atoms with Gasteiger partial charge >= 0.3 is 6.03 Å². The van der Waals surface area contributed by atoms with Gasteiger partial charge in [0.25, 0.3) is 0 Å². The standard InChI is InChI=1S/C23H30N4O2/c1-16-4-3-11-27(14-16)15-19-7-5-18(6-8-19)13-25-23(29)26-20-9-10-21(22(24)28)17(2)12-20/h5-10,12,16H,3-4,11,13-15H2,1-2H3,(H2,24,28)(H2,25,26,29). The third-order valence-electron chi connectivity index (χ3n) is 5.37. The summed E-state index contributed by atoms with van der Waals surface area (Å²) in [4.78, 5) is 26.0. The molecule has 1 aliphatic heterocycles. The van der Waals surface area contributed by atoms with Crippen LogP contribution >= 0.6 is 0 Å². The minimum atomic E-state index is -0.475. The fourth-order valence-electron chi connectivity index (χ4n) is 3.83. The minimum absolute atomic E-state index is 0.289. The number of likely N-dealkylation sites (tertiary alicyclic amines) is 1. The number of piperidine rings is 1. The smallest absolute Gasteiger partial charge is 0.319 e. The lowest BCUT2D eigenvalue weighted by atomic mass is 9.99. The Balaban J connectivity index is 1.47. The van der Waals surface area contributed by atoms with Gasteiger partial charge in [-0.15, -0.1) is 0 Å². The van der Waals surface area contributed by atoms with E-state index >= 15 is 0 Å². The number of carbonyl (C=O) groups is 2. The van der Waals surface area contributed by atoms with E-state index in [0.717, 1.165) is 23.6 Å². The normalized spacial score (nSPS) is 17.0. The zero-order valence-electron chi connectivity index (χ0n) is 17.2. The van der Waals surface area contributed by atoms with Crippen molar-refractivity contribution in [2.75, 3.05) is 18.4 Å². The summed E-state index contributed by atoms with van der Waals surface area (Å²) in [6, 6.07) is 13.1. The van der Waals surface area contributed by atoms with Crippen molar-refractivity contribution in [3.8, 4) is 0 Å². The van der Waals surface area contributed by atoms with Crippen molar-refractivity contribution >= 4 is 17.6 Å². The molecule has 1 fully saturated rings. The van der Waals surface area contributed by atoms with E-state index in [0.29, 0.717) is 17.8 Å². The predicted molar refractivity (Wildman–Crippen MR) is 116 cm³/mol. The molecule has 6 nitrogen and oxygen atoms in total. The Bertz CT molecular complexity index is 864. The molecule has 6 heteroatoms. The Labute approximate surface area is 172 Å². The minimum Gasteiger partial charge on any atom is -0.366 e. The zero-order chi connectivity index (χ0) is 20.8. The Hall–Kier alpha value is -2.86. The van der Waals surface area contributed by atoms with Gasteiger partial charge in [0.2, 0.25) is 5.91 Å². The lowest BCUT2D eigenvalue weighted by Crippen LogP contribution is -2.33. The number of hydrogen-bond donors (Lipinski definition) is 3. The van der Waals surface area contributed by atoms with Crippen LogP contribution in [-0.2, 0) is 13.1 Å². The molecular formula is C23H30N4O2. The van der Waals surface area contributed by atoms with Gasteiger partial charge in [0.05, 0.1) is 0 Å². The largest absolute Gasteiger partial charge is 0.366 e. The maximum absolute atomic E-state index is 12.2. The molecule has 2 aromatic carbocycles. The van der Waals surface area contributed by atoms with Crippen LogP contribution in [0.4, 0.5) is 10.5 Å². The summed E-state index contributed by atoms with van der Waals surface area (Å²) in [6.45, 7) is 7.89. The SMILES string of the molecule is Cc1cc(NC(=O)NCc2ccc(CN3CCCC(C)C3)cc2)ccc1C(N)=O. The van der Waals surface area contributed by atoms with E-state index in [2.05, 4.69) is 46.7 Å². The van der Waals surface area contributed by atoms with E-state index < -0.39 is 5.91 Å². The maximum atomic E-state index is 12.2. The summed E-state index contributed by atoms with van der Waals surface area (Å²) < 4.78 is 0. The zero-order valence-corrected chi connectivity index (χ0v) is 17.2. The fourth-order valence-corrected chi connectivity index (χ4v) is 3.83. The number of urea groups is 1. The van der Waals surface area contributed by atoms with Crippen LogP contribution in [0, 0.1) is 12.8 Å². The van der Waals surface area contributed by atoms with E-state index in [4.69, 9.17) is 5.73 Å². The molecule has 1 saturated heterocycles. The molecule has 4 N–H and O–H groups in total. The van der Waals surface area contributed by atoms with Crippen LogP contribution in [0.3, 0.4) is 0 Å². The van der Waals surface area contributed by atoms with E-state index in [1.165, 1.54) is 31.5 Å². The molecule has 1 unspecified atom stereocenters. The van der Waals surface area contributed by atoms with Gasteiger partial charge in [-0.05, 0) is 67.1 Å². The van der Waals surface area contributed by atoms with Gasteiger partial charge in [0, 0.05) is 30.9 Å². The Morgan fingerprint density at radius 2 is 1.86 bits per heavy atom. The molecule has 1 atom stereocenters. The molecule has 0 aliphatic carbocycles. The van der Waals surface area contributed by atoms with E-state index in [1.54, 1.807) is 25.1 Å². The third-order valence-corrected chi connectivity index (χ3v) is 5.37. The third kappa shape index (κ3) is 6.06. The molecule has 0 spiro atoms. The number of rotatable bonds is 6. The van der Waals surface area contributed by atoms with Gasteiger partial charge in [-0.3, -0.25) is 9.69 Å². The first-order valence-corrected chi connectivity index (χ1v) is 10.2. The van der Waals surface area contributed by atoms with Crippen LogP contribution in [0.5, 0.6) is 0 Å². The lowest BCUT2D eigenvalue weighted by Gasteiger charge is -2.30. The maximum Gasteiger partial charge on any atom is 0.319 e. The topological polar surface area (TPSA) is 87.5 Å². The summed E-state index contributed by atoms with van der Waals surface area (Å²) in [5.74, 6) is 0.304. The predicted octanol–water partition coefficient (Wildman–Crippen LogP) is 3.65. The highest BCUT2D eigenvalue weighted by molar-refractivity contribution is 5.95. The van der Waals surface area contributed by atoms with Gasteiger partial charge in [-0.1, -0.05) is 31.2 Å². The fraction of sp³-hybridized carbons (Fsp3) is 0.391. The number of hydrogen-bond acceptors (Lipinski definition) is 3. The first kappa shape index (κ1) is 20.9. The van der Waals surface area contributed by atoms with Crippen LogP contribution in [0.1, 0.15) is 46.8 Å². The molecule has 154 valence electrons. The number of primary amides is 1. The van der Waals surface area contributed by atoms with E-state index in [1.807, 2.05) is 0 Å². The summed E-state index contributed by atoms with van der Waals surface area (Å²) in [5.41, 5.74) is 9.47. The highest BCUT2D eigenvalue weighted by Crippen LogP contribution is 2.18. The van der Waals surface area contributed by atoms with Crippen molar-refractivity contribution in [1.82, 2.24) is 10.2 Å². The van der Waals surface area contributed by atoms with E-state index in [9.17, 15) is 9.59 Å². The molecule has 0 bridgehead atoms. The number of nitrogens with one attached hydrogen (secondary N) is 2. The molecule has 0 aromatic heterocycles. The number of aryl methyl sites for hydroxylation is 1. The number of benzene rings is 2. The summed E-state index contributed by atoms with van der Waals surface area (Å²) in [5, 5.41) is 5.64. The van der Waals surface area contributed by atoms with Crippen LogP contribution in [0.15, 0.2) is 42.5 Å². The first-order chi connectivity index (χ1) is 13.9. The van der Waals surface area contributed by atoms with Crippen molar-refractivity contribution in [2.45, 2.75) is 39.8 Å². The molecule has 0 saturated carbocycles. The monoisotopic (exact) mass is 394 g/mol. The van der Waals surface area contributed by atoms with Crippen molar-refractivity contribution in [1.29, 1.82) is 0 Å². The van der Waals surface area contributed by atoms with Crippen LogP contribution in [0.2, 0.25) is 0 Å². The summed E-state index contributed by atoms with van der Waals surface area (Å²) in [7, 11) is 0. The van der Waals surface area contributed by atoms with Crippen molar-refractivity contribution in [3.63, 3.8) is 0 Å². The molecule has 2 aromatic rings. The molecule has 3 amide bonds. The number of carbonyl (C=O) groups excluding carboxylic acids is 2. The quantitative estimate of drug-likeness (QED) is 0.699. The second kappa shape index (κ2) is 9.56. The Morgan fingerprint density at radius 3 is 2.52 bits per heavy atom. The van der Waals surface area contributed by atoms with Gasteiger partial charge < -0.3 is 16.4 Å². The molecular weight excluding hydrogens is 364 g/mol. The number of amides is 3. The van der Waals surface area contributed by atoms with Crippen molar-refractivity contribution < 1.29 is 9.59 Å². The number of nitrogens with two attached hydrogens (primary N) is 1. The Morgan fingerprint density at radius 1 is 1.14 bits per heavy atom. The average Bonchev–Trinajstić information content (AvgIpc) is 2.67. The van der Waals surface area contributed by atoms with Crippen LogP contribution < -0.4 is 16.4 Å². The van der Waals surface area contributed by atoms with Crippen molar-refractivity contribution in [3.05, 3.63) is 64.7 Å². The first-order valence-electron chi connectivity index (χ1n) is 10.2. The summed E-state index contributed by atoms with van der Waals surface area (Å²) in [6.07, 6.45) is 2.61. The summed E-state index contributed by atoms with van der Waals surface area (Å²) >= 11 is 0. The van der Waals surface area contributed by atoms with Gasteiger partial charge in [0.15, 0.2) is 0 Å². The van der Waals surface area contributed by atoms with Crippen LogP contribution in [-0.4, -0.2) is 29.9 Å². The Kier molecular flexibility index (Phi) is 6.88. The molecule has 3 rings (SSSR count). The van der Waals surface area contributed by atoms with Gasteiger partial charge in [0.1, 0.15) is 0 Å². The average molecular weight is 395 g/mol. The second-order valence-electron chi connectivity index (χ2n) is 8.00. The molecule has 1 heterocycles. The van der Waals surface area contributed by atoms with Gasteiger partial charge in [-0.25, -0.2) is 4.79 Å². The number of nitrogens with zero attached hydrogens (tertiary/aromatic N) is 1. The molecule has 1 aliphatic rings. The van der Waals surface area contributed by atoms with E-state index in [-0.39, 0.29) is 6.03 Å². The van der Waals surface area contributed by atoms with Crippen molar-refractivity contribution in [2.24, 2.45) is 11.7 Å². The lowest BCUT2D eigenvalue weighted by molar-refractivity contribution is 0.0999. The molecule has 0 radical (unpaired) electrons. The van der Waals surface area contributed by atoms with Crippen LogP contribution in [0.25, 0.3) is 0 Å². The highest BCUT2D eigenvalue weighted by Gasteiger charge is 2.16. The highest BCUT2D eigenvalue weighted by atomic mass is 16.2. The number of anilines is 1. The molecule has 29 heavy (non-hydrogen) atoms. The van der Waals surface area contributed by atoms with Gasteiger partial charge in [-0.2, -0.15) is 0 Å².